The van der Waals surface area contributed by atoms with Crippen molar-refractivity contribution in [3.63, 3.8) is 0 Å². The molecule has 0 saturated heterocycles. The number of Topliss-reactive ketones (excluding diaryl/α,β-unsaturated/α-hetero) is 1. The number of amides is 1. The number of carbonyl (C=O) groups excluding carboxylic acids is 2. The molecule has 39 heavy (non-hydrogen) atoms. The van der Waals surface area contributed by atoms with Crippen molar-refractivity contribution in [3.8, 4) is 11.5 Å². The molecule has 4 aromatic rings. The third-order valence-electron chi connectivity index (χ3n) is 6.57. The maximum absolute atomic E-state index is 14.0. The van der Waals surface area contributed by atoms with Crippen LogP contribution in [0.4, 0.5) is 4.39 Å². The number of ketones is 1. The number of nitrogens with one attached hydrogen (secondary N) is 1. The summed E-state index contributed by atoms with van der Waals surface area (Å²) < 4.78 is 20.9. The van der Waals surface area contributed by atoms with Crippen molar-refractivity contribution in [1.82, 2.24) is 15.2 Å². The standard InChI is InChI=1S/C31H34FN3O3S/c1-4-35(5-2)16-6-14-34-31(37)29-20-27-30(39-29)28(13-15-33-27)38-25-10-8-22(9-11-25)18-24(36)19-23-17-21(3)7-12-26(23)32/h7-13,15,17,20H,4-6,14,16,18-19H2,1-3H3,(H,34,37). The molecule has 0 fully saturated rings. The number of hydrogen-bond acceptors (Lipinski definition) is 6. The van der Waals surface area contributed by atoms with Gasteiger partial charge in [0.05, 0.1) is 15.1 Å². The van der Waals surface area contributed by atoms with Gasteiger partial charge in [-0.3, -0.25) is 14.6 Å². The highest BCUT2D eigenvalue weighted by molar-refractivity contribution is 7.21. The number of aromatic nitrogens is 1. The summed E-state index contributed by atoms with van der Waals surface area (Å²) in [5, 5.41) is 3.00. The van der Waals surface area contributed by atoms with Crippen LogP contribution in [0.5, 0.6) is 11.5 Å². The second-order valence-electron chi connectivity index (χ2n) is 9.50. The van der Waals surface area contributed by atoms with Gasteiger partial charge in [-0.1, -0.05) is 43.7 Å². The van der Waals surface area contributed by atoms with E-state index in [0.29, 0.717) is 34.0 Å². The molecule has 0 saturated carbocycles. The van der Waals surface area contributed by atoms with E-state index in [1.165, 1.54) is 17.4 Å². The van der Waals surface area contributed by atoms with Crippen molar-refractivity contribution in [2.75, 3.05) is 26.2 Å². The van der Waals surface area contributed by atoms with Crippen LogP contribution >= 0.6 is 11.3 Å². The molecule has 204 valence electrons. The van der Waals surface area contributed by atoms with Crippen molar-refractivity contribution in [2.45, 2.75) is 40.0 Å². The predicted octanol–water partition coefficient (Wildman–Crippen LogP) is 6.35. The zero-order valence-corrected chi connectivity index (χ0v) is 23.4. The fraction of sp³-hybridized carbons (Fsp3) is 0.323. The topological polar surface area (TPSA) is 71.5 Å². The lowest BCUT2D eigenvalue weighted by Crippen LogP contribution is -2.29. The number of carbonyl (C=O) groups is 2. The molecule has 1 amide bonds. The number of aryl methyl sites for hydroxylation is 1. The number of fused-ring (bicyclic) bond motifs is 1. The number of pyridine rings is 1. The largest absolute Gasteiger partial charge is 0.456 e. The number of rotatable bonds is 13. The van der Waals surface area contributed by atoms with E-state index in [2.05, 4.69) is 29.0 Å². The van der Waals surface area contributed by atoms with Gasteiger partial charge in [-0.05, 0) is 68.4 Å². The smallest absolute Gasteiger partial charge is 0.261 e. The van der Waals surface area contributed by atoms with Gasteiger partial charge >= 0.3 is 0 Å². The minimum atomic E-state index is -0.356. The molecule has 0 unspecified atom stereocenters. The summed E-state index contributed by atoms with van der Waals surface area (Å²) in [4.78, 5) is 32.6. The number of ether oxygens (including phenoxy) is 1. The zero-order valence-electron chi connectivity index (χ0n) is 22.6. The lowest BCUT2D eigenvalue weighted by atomic mass is 10.0. The summed E-state index contributed by atoms with van der Waals surface area (Å²) >= 11 is 1.35. The fourth-order valence-corrected chi connectivity index (χ4v) is 5.36. The third kappa shape index (κ3) is 7.71. The molecule has 1 N–H and O–H groups in total. The molecule has 0 atom stereocenters. The Kier molecular flexibility index (Phi) is 9.79. The minimum absolute atomic E-state index is 0.0542. The predicted molar refractivity (Wildman–Crippen MR) is 154 cm³/mol. The first-order chi connectivity index (χ1) is 18.9. The normalized spacial score (nSPS) is 11.2. The van der Waals surface area contributed by atoms with Crippen molar-refractivity contribution in [3.05, 3.63) is 88.2 Å². The number of hydrogen-bond donors (Lipinski definition) is 1. The molecule has 0 radical (unpaired) electrons. The van der Waals surface area contributed by atoms with E-state index in [0.717, 1.165) is 41.9 Å². The van der Waals surface area contributed by atoms with Gasteiger partial charge in [0.15, 0.2) is 0 Å². The van der Waals surface area contributed by atoms with Crippen LogP contribution in [0, 0.1) is 12.7 Å². The maximum atomic E-state index is 14.0. The highest BCUT2D eigenvalue weighted by Gasteiger charge is 2.15. The van der Waals surface area contributed by atoms with Gasteiger partial charge in [0, 0.05) is 31.6 Å². The molecule has 0 aliphatic rings. The highest BCUT2D eigenvalue weighted by Crippen LogP contribution is 2.35. The van der Waals surface area contributed by atoms with Gasteiger partial charge in [-0.25, -0.2) is 4.39 Å². The summed E-state index contributed by atoms with van der Waals surface area (Å²) in [6.07, 6.45) is 2.83. The molecule has 0 aliphatic heterocycles. The summed E-state index contributed by atoms with van der Waals surface area (Å²) in [5.74, 6) is 0.707. The number of benzene rings is 2. The van der Waals surface area contributed by atoms with E-state index in [1.807, 2.05) is 19.1 Å². The van der Waals surface area contributed by atoms with Crippen LogP contribution in [-0.2, 0) is 17.6 Å². The molecule has 4 rings (SSSR count). The Morgan fingerprint density at radius 1 is 1.03 bits per heavy atom. The Morgan fingerprint density at radius 3 is 2.54 bits per heavy atom. The zero-order chi connectivity index (χ0) is 27.8. The average Bonchev–Trinajstić information content (AvgIpc) is 3.37. The van der Waals surface area contributed by atoms with E-state index in [1.54, 1.807) is 42.6 Å². The first-order valence-corrected chi connectivity index (χ1v) is 14.1. The van der Waals surface area contributed by atoms with Crippen LogP contribution in [0.3, 0.4) is 0 Å². The van der Waals surface area contributed by atoms with Gasteiger partial charge in [0.1, 0.15) is 23.1 Å². The highest BCUT2D eigenvalue weighted by atomic mass is 32.1. The second-order valence-corrected chi connectivity index (χ2v) is 10.6. The first kappa shape index (κ1) is 28.4. The Balaban J connectivity index is 1.36. The van der Waals surface area contributed by atoms with Gasteiger partial charge in [0.25, 0.3) is 5.91 Å². The van der Waals surface area contributed by atoms with Crippen LogP contribution in [0.2, 0.25) is 0 Å². The molecule has 2 aromatic heterocycles. The molecule has 2 heterocycles. The van der Waals surface area contributed by atoms with Crippen LogP contribution in [-0.4, -0.2) is 47.8 Å². The molecular weight excluding hydrogens is 513 g/mol. The Morgan fingerprint density at radius 2 is 1.79 bits per heavy atom. The summed E-state index contributed by atoms with van der Waals surface area (Å²) in [6.45, 7) is 9.74. The van der Waals surface area contributed by atoms with Crippen molar-refractivity contribution in [1.29, 1.82) is 0 Å². The van der Waals surface area contributed by atoms with E-state index >= 15 is 0 Å². The minimum Gasteiger partial charge on any atom is -0.456 e. The SMILES string of the molecule is CCN(CC)CCCNC(=O)c1cc2nccc(Oc3ccc(CC(=O)Cc4cc(C)ccc4F)cc3)c2s1. The van der Waals surface area contributed by atoms with Gasteiger partial charge in [0.2, 0.25) is 0 Å². The van der Waals surface area contributed by atoms with Crippen LogP contribution in [0.1, 0.15) is 46.6 Å². The van der Waals surface area contributed by atoms with Crippen LogP contribution in [0.25, 0.3) is 10.2 Å². The Labute approximate surface area is 232 Å². The van der Waals surface area contributed by atoms with Crippen molar-refractivity contribution < 1.29 is 18.7 Å². The van der Waals surface area contributed by atoms with E-state index < -0.39 is 0 Å². The monoisotopic (exact) mass is 547 g/mol. The molecule has 6 nitrogen and oxygen atoms in total. The van der Waals surface area contributed by atoms with E-state index in [-0.39, 0.29) is 30.3 Å². The van der Waals surface area contributed by atoms with E-state index in [4.69, 9.17) is 4.74 Å². The summed E-state index contributed by atoms with van der Waals surface area (Å²) in [7, 11) is 0. The molecular formula is C31H34FN3O3S. The van der Waals surface area contributed by atoms with E-state index in [9.17, 15) is 14.0 Å². The lowest BCUT2D eigenvalue weighted by molar-refractivity contribution is -0.117. The van der Waals surface area contributed by atoms with Gasteiger partial charge in [-0.15, -0.1) is 11.3 Å². The molecule has 0 spiro atoms. The number of thiophene rings is 1. The number of nitrogens with zero attached hydrogens (tertiary/aromatic N) is 2. The Bertz CT molecular complexity index is 1430. The van der Waals surface area contributed by atoms with Crippen molar-refractivity contribution >= 4 is 33.2 Å². The van der Waals surface area contributed by atoms with Crippen molar-refractivity contribution in [2.24, 2.45) is 0 Å². The maximum Gasteiger partial charge on any atom is 0.261 e. The van der Waals surface area contributed by atoms with Crippen LogP contribution < -0.4 is 10.1 Å². The quantitative estimate of drug-likeness (QED) is 0.198. The van der Waals surface area contributed by atoms with Gasteiger partial charge in [-0.2, -0.15) is 0 Å². The molecule has 0 bridgehead atoms. The van der Waals surface area contributed by atoms with Gasteiger partial charge < -0.3 is 15.0 Å². The number of halogens is 1. The van der Waals surface area contributed by atoms with Crippen LogP contribution in [0.15, 0.2) is 60.8 Å². The Hall–Kier alpha value is -3.62. The molecule has 2 aromatic carbocycles. The summed E-state index contributed by atoms with van der Waals surface area (Å²) in [5.41, 5.74) is 2.88. The second kappa shape index (κ2) is 13.4. The third-order valence-corrected chi connectivity index (χ3v) is 7.71. The lowest BCUT2D eigenvalue weighted by Gasteiger charge is -2.17. The first-order valence-electron chi connectivity index (χ1n) is 13.3. The average molecular weight is 548 g/mol. The summed E-state index contributed by atoms with van der Waals surface area (Å²) in [6, 6.07) is 15.7. The molecule has 0 aliphatic carbocycles. The molecule has 8 heteroatoms. The fourth-order valence-electron chi connectivity index (χ4n) is 4.38.